The molecule has 0 aromatic rings. The average molecular weight is 803 g/mol. The summed E-state index contributed by atoms with van der Waals surface area (Å²) in [5, 5.41) is 0. The highest BCUT2D eigenvalue weighted by atomic mass is 16.6. The van der Waals surface area contributed by atoms with Gasteiger partial charge in [-0.15, -0.1) is 0 Å². The number of unbranched alkanes of at least 4 members (excludes halogenated alkanes) is 30. The predicted octanol–water partition coefficient (Wildman–Crippen LogP) is 16.0. The van der Waals surface area contributed by atoms with Crippen molar-refractivity contribution in [2.45, 2.75) is 271 Å². The molecule has 0 heterocycles. The Hall–Kier alpha value is -2.11. The van der Waals surface area contributed by atoms with E-state index in [1.54, 1.807) is 0 Å². The van der Waals surface area contributed by atoms with Crippen molar-refractivity contribution < 1.29 is 28.6 Å². The number of rotatable bonds is 45. The van der Waals surface area contributed by atoms with Crippen molar-refractivity contribution in [2.24, 2.45) is 0 Å². The molecule has 0 saturated carbocycles. The molecular formula is C51H94O6. The number of carbonyl (C=O) groups excluding carboxylic acids is 3. The Morgan fingerprint density at radius 2 is 0.614 bits per heavy atom. The number of allylic oxidation sites excluding steroid dienone is 4. The summed E-state index contributed by atoms with van der Waals surface area (Å²) >= 11 is 0. The van der Waals surface area contributed by atoms with Crippen molar-refractivity contribution >= 4 is 17.9 Å². The normalized spacial score (nSPS) is 12.1. The maximum atomic E-state index is 12.7. The first-order chi connectivity index (χ1) is 28.0. The van der Waals surface area contributed by atoms with Crippen molar-refractivity contribution in [1.82, 2.24) is 0 Å². The van der Waals surface area contributed by atoms with E-state index in [2.05, 4.69) is 45.1 Å². The third-order valence-corrected chi connectivity index (χ3v) is 10.9. The fourth-order valence-electron chi connectivity index (χ4n) is 7.15. The van der Waals surface area contributed by atoms with Gasteiger partial charge in [-0.25, -0.2) is 0 Å². The minimum Gasteiger partial charge on any atom is -0.462 e. The molecule has 0 aliphatic rings. The van der Waals surface area contributed by atoms with Gasteiger partial charge in [0.25, 0.3) is 0 Å². The Balaban J connectivity index is 4.29. The largest absolute Gasteiger partial charge is 0.462 e. The van der Waals surface area contributed by atoms with E-state index in [1.807, 2.05) is 0 Å². The monoisotopic (exact) mass is 803 g/mol. The lowest BCUT2D eigenvalue weighted by atomic mass is 10.0. The van der Waals surface area contributed by atoms with Crippen molar-refractivity contribution in [3.8, 4) is 0 Å². The highest BCUT2D eigenvalue weighted by molar-refractivity contribution is 5.71. The van der Waals surface area contributed by atoms with Crippen LogP contribution < -0.4 is 0 Å². The van der Waals surface area contributed by atoms with Crippen LogP contribution in [0.1, 0.15) is 265 Å². The van der Waals surface area contributed by atoms with Crippen molar-refractivity contribution in [2.75, 3.05) is 13.2 Å². The Bertz CT molecular complexity index is 927. The van der Waals surface area contributed by atoms with Gasteiger partial charge in [-0.3, -0.25) is 14.4 Å². The van der Waals surface area contributed by atoms with Crippen LogP contribution in [0.25, 0.3) is 0 Å². The van der Waals surface area contributed by atoms with Gasteiger partial charge in [0.15, 0.2) is 6.10 Å². The Morgan fingerprint density at radius 1 is 0.333 bits per heavy atom. The van der Waals surface area contributed by atoms with Gasteiger partial charge in [0.1, 0.15) is 13.2 Å². The zero-order chi connectivity index (χ0) is 41.5. The zero-order valence-corrected chi connectivity index (χ0v) is 38.1. The smallest absolute Gasteiger partial charge is 0.306 e. The van der Waals surface area contributed by atoms with E-state index in [0.717, 1.165) is 77.0 Å². The number of carbonyl (C=O) groups is 3. The Morgan fingerprint density at radius 3 is 0.982 bits per heavy atom. The minimum atomic E-state index is -0.772. The summed E-state index contributed by atoms with van der Waals surface area (Å²) in [4.78, 5) is 37.8. The summed E-state index contributed by atoms with van der Waals surface area (Å²) in [6, 6.07) is 0. The highest BCUT2D eigenvalue weighted by Crippen LogP contribution is 2.16. The Kier molecular flexibility index (Phi) is 44.9. The van der Waals surface area contributed by atoms with E-state index in [-0.39, 0.29) is 31.1 Å². The fourth-order valence-corrected chi connectivity index (χ4v) is 7.15. The number of hydrogen-bond donors (Lipinski definition) is 0. The standard InChI is InChI=1S/C51H94O6/c1-4-7-10-13-16-19-22-24-25-26-27-28-30-32-35-38-41-44-50(53)56-47-48(46-55-49(52)43-40-37-34-31-21-18-15-12-9-6-3)57-51(54)45-42-39-36-33-29-23-20-17-14-11-8-5-2/h12,15,17,20,48H,4-11,13-14,16,18-19,21-47H2,1-3H3/b15-12-,20-17-. The van der Waals surface area contributed by atoms with Gasteiger partial charge in [0, 0.05) is 19.3 Å². The van der Waals surface area contributed by atoms with E-state index in [9.17, 15) is 14.4 Å². The molecular weight excluding hydrogens is 709 g/mol. The Labute approximate surface area is 353 Å². The lowest BCUT2D eigenvalue weighted by molar-refractivity contribution is -0.167. The highest BCUT2D eigenvalue weighted by Gasteiger charge is 2.19. The molecule has 0 spiro atoms. The number of hydrogen-bond acceptors (Lipinski definition) is 6. The summed E-state index contributed by atoms with van der Waals surface area (Å²) in [6.07, 6.45) is 51.6. The molecule has 6 heteroatoms. The van der Waals surface area contributed by atoms with Gasteiger partial charge >= 0.3 is 17.9 Å². The molecule has 0 aromatic heterocycles. The van der Waals surface area contributed by atoms with Crippen LogP contribution in [0.4, 0.5) is 0 Å². The predicted molar refractivity (Wildman–Crippen MR) is 243 cm³/mol. The lowest BCUT2D eigenvalue weighted by Gasteiger charge is -2.18. The van der Waals surface area contributed by atoms with Crippen LogP contribution in [0.2, 0.25) is 0 Å². The summed E-state index contributed by atoms with van der Waals surface area (Å²) in [6.45, 7) is 6.56. The van der Waals surface area contributed by atoms with E-state index < -0.39 is 6.10 Å². The van der Waals surface area contributed by atoms with Crippen LogP contribution in [-0.2, 0) is 28.6 Å². The number of esters is 3. The molecule has 0 rings (SSSR count). The molecule has 0 N–H and O–H groups in total. The molecule has 1 atom stereocenters. The molecule has 0 amide bonds. The fraction of sp³-hybridized carbons (Fsp3) is 0.863. The molecule has 1 unspecified atom stereocenters. The van der Waals surface area contributed by atoms with Gasteiger partial charge in [0.2, 0.25) is 0 Å². The minimum absolute atomic E-state index is 0.0739. The second-order valence-electron chi connectivity index (χ2n) is 16.7. The number of ether oxygens (including phenoxy) is 3. The molecule has 6 nitrogen and oxygen atoms in total. The van der Waals surface area contributed by atoms with E-state index in [0.29, 0.717) is 19.3 Å². The molecule has 0 radical (unpaired) electrons. The van der Waals surface area contributed by atoms with E-state index >= 15 is 0 Å². The van der Waals surface area contributed by atoms with Crippen molar-refractivity contribution in [1.29, 1.82) is 0 Å². The van der Waals surface area contributed by atoms with Crippen LogP contribution in [0, 0.1) is 0 Å². The van der Waals surface area contributed by atoms with Crippen LogP contribution in [0.15, 0.2) is 24.3 Å². The van der Waals surface area contributed by atoms with Crippen LogP contribution >= 0.6 is 0 Å². The van der Waals surface area contributed by atoms with E-state index in [4.69, 9.17) is 14.2 Å². The van der Waals surface area contributed by atoms with Gasteiger partial charge in [-0.05, 0) is 64.2 Å². The second-order valence-corrected chi connectivity index (χ2v) is 16.7. The third kappa shape index (κ3) is 44.8. The van der Waals surface area contributed by atoms with Crippen LogP contribution in [0.5, 0.6) is 0 Å². The van der Waals surface area contributed by atoms with Crippen molar-refractivity contribution in [3.05, 3.63) is 24.3 Å². The third-order valence-electron chi connectivity index (χ3n) is 10.9. The van der Waals surface area contributed by atoms with Crippen LogP contribution in [-0.4, -0.2) is 37.2 Å². The molecule has 0 fully saturated rings. The van der Waals surface area contributed by atoms with E-state index in [1.165, 1.54) is 148 Å². The molecule has 0 saturated heterocycles. The summed E-state index contributed by atoms with van der Waals surface area (Å²) in [5.74, 6) is -0.885. The first-order valence-electron chi connectivity index (χ1n) is 24.8. The quantitative estimate of drug-likeness (QED) is 0.0264. The topological polar surface area (TPSA) is 78.9 Å². The SMILES string of the molecule is CCC/C=C\CCCCCCCC(=O)OCC(COC(=O)CCCCCCCCCCCCCCCCCCC)OC(=O)CCCCCCC/C=C\CCCCC. The van der Waals surface area contributed by atoms with Crippen molar-refractivity contribution in [3.63, 3.8) is 0 Å². The molecule has 0 aliphatic carbocycles. The molecule has 334 valence electrons. The molecule has 57 heavy (non-hydrogen) atoms. The first kappa shape index (κ1) is 54.9. The maximum absolute atomic E-state index is 12.7. The van der Waals surface area contributed by atoms with Gasteiger partial charge in [-0.2, -0.15) is 0 Å². The van der Waals surface area contributed by atoms with Gasteiger partial charge in [-0.1, -0.05) is 206 Å². The average Bonchev–Trinajstić information content (AvgIpc) is 3.21. The van der Waals surface area contributed by atoms with Crippen LogP contribution in [0.3, 0.4) is 0 Å². The summed E-state index contributed by atoms with van der Waals surface area (Å²) in [7, 11) is 0. The summed E-state index contributed by atoms with van der Waals surface area (Å²) < 4.78 is 16.7. The second kappa shape index (κ2) is 46.6. The molecule has 0 aliphatic heterocycles. The van der Waals surface area contributed by atoms with Gasteiger partial charge < -0.3 is 14.2 Å². The molecule has 0 bridgehead atoms. The summed E-state index contributed by atoms with van der Waals surface area (Å²) in [5.41, 5.74) is 0. The molecule has 0 aromatic carbocycles. The first-order valence-corrected chi connectivity index (χ1v) is 24.8. The lowest BCUT2D eigenvalue weighted by Crippen LogP contribution is -2.30. The van der Waals surface area contributed by atoms with Gasteiger partial charge in [0.05, 0.1) is 0 Å². The zero-order valence-electron chi connectivity index (χ0n) is 38.1. The maximum Gasteiger partial charge on any atom is 0.306 e.